The first kappa shape index (κ1) is 15.4. The summed E-state index contributed by atoms with van der Waals surface area (Å²) >= 11 is 0. The van der Waals surface area contributed by atoms with Crippen molar-refractivity contribution in [3.05, 3.63) is 29.6 Å². The zero-order valence-electron chi connectivity index (χ0n) is 10.7. The number of pyridine rings is 1. The van der Waals surface area contributed by atoms with Crippen LogP contribution in [0.4, 0.5) is 13.2 Å². The molecule has 0 spiro atoms. The number of nitrogens with zero attached hydrogens (tertiary/aromatic N) is 1. The highest BCUT2D eigenvalue weighted by Crippen LogP contribution is 2.27. The lowest BCUT2D eigenvalue weighted by atomic mass is 10.0. The van der Waals surface area contributed by atoms with Gasteiger partial charge in [0.15, 0.2) is 0 Å². The fourth-order valence-electron chi connectivity index (χ4n) is 1.45. The summed E-state index contributed by atoms with van der Waals surface area (Å²) in [5.41, 5.74) is 4.55. The molecule has 0 aliphatic carbocycles. The molecule has 0 radical (unpaired) electrons. The Morgan fingerprint density at radius 2 is 2.05 bits per heavy atom. The summed E-state index contributed by atoms with van der Waals surface area (Å²) in [5, 5.41) is 2.66. The van der Waals surface area contributed by atoms with Gasteiger partial charge in [0.2, 0.25) is 0 Å². The maximum Gasteiger partial charge on any atom is 0.433 e. The predicted molar refractivity (Wildman–Crippen MR) is 64.4 cm³/mol. The third kappa shape index (κ3) is 4.20. The van der Waals surface area contributed by atoms with Crippen LogP contribution in [-0.4, -0.2) is 23.5 Å². The van der Waals surface area contributed by atoms with Crippen LogP contribution in [0.25, 0.3) is 0 Å². The van der Waals surface area contributed by atoms with Crippen LogP contribution in [0.3, 0.4) is 0 Å². The number of aromatic nitrogens is 1. The van der Waals surface area contributed by atoms with Gasteiger partial charge in [0.05, 0.1) is 5.56 Å². The SMILES string of the molecule is CC(C)C(CN)NC(=O)c1ccc(C(F)(F)F)nc1. The van der Waals surface area contributed by atoms with Crippen molar-refractivity contribution in [1.29, 1.82) is 0 Å². The second-order valence-corrected chi connectivity index (χ2v) is 4.49. The number of hydrogen-bond donors (Lipinski definition) is 2. The largest absolute Gasteiger partial charge is 0.433 e. The highest BCUT2D eigenvalue weighted by Gasteiger charge is 2.32. The van der Waals surface area contributed by atoms with Crippen LogP contribution in [0.2, 0.25) is 0 Å². The number of rotatable bonds is 4. The van der Waals surface area contributed by atoms with Gasteiger partial charge in [-0.2, -0.15) is 13.2 Å². The number of alkyl halides is 3. The van der Waals surface area contributed by atoms with E-state index in [2.05, 4.69) is 10.3 Å². The van der Waals surface area contributed by atoms with E-state index in [1.165, 1.54) is 0 Å². The molecule has 1 aromatic heterocycles. The third-order valence-corrected chi connectivity index (χ3v) is 2.69. The van der Waals surface area contributed by atoms with E-state index in [0.717, 1.165) is 18.3 Å². The molecule has 1 rings (SSSR count). The van der Waals surface area contributed by atoms with Gasteiger partial charge in [-0.05, 0) is 18.1 Å². The zero-order valence-corrected chi connectivity index (χ0v) is 10.7. The second kappa shape index (κ2) is 6.01. The Hall–Kier alpha value is -1.63. The number of hydrogen-bond acceptors (Lipinski definition) is 3. The molecule has 0 aromatic carbocycles. The summed E-state index contributed by atoms with van der Waals surface area (Å²) in [5.74, 6) is -0.346. The first-order valence-corrected chi connectivity index (χ1v) is 5.80. The average molecular weight is 275 g/mol. The van der Waals surface area contributed by atoms with Gasteiger partial charge in [-0.3, -0.25) is 9.78 Å². The van der Waals surface area contributed by atoms with E-state index in [-0.39, 0.29) is 24.1 Å². The highest BCUT2D eigenvalue weighted by molar-refractivity contribution is 5.94. The van der Waals surface area contributed by atoms with E-state index < -0.39 is 17.8 Å². The molecule has 7 heteroatoms. The molecule has 3 N–H and O–H groups in total. The van der Waals surface area contributed by atoms with Crippen molar-refractivity contribution in [2.45, 2.75) is 26.1 Å². The number of amides is 1. The van der Waals surface area contributed by atoms with Crippen LogP contribution in [0, 0.1) is 5.92 Å². The van der Waals surface area contributed by atoms with Gasteiger partial charge in [-0.25, -0.2) is 0 Å². The quantitative estimate of drug-likeness (QED) is 0.880. The Kier molecular flexibility index (Phi) is 4.88. The van der Waals surface area contributed by atoms with Crippen LogP contribution >= 0.6 is 0 Å². The first-order valence-electron chi connectivity index (χ1n) is 5.80. The van der Waals surface area contributed by atoms with Crippen LogP contribution < -0.4 is 11.1 Å². The molecule has 1 amide bonds. The van der Waals surface area contributed by atoms with Gasteiger partial charge >= 0.3 is 6.18 Å². The molecule has 1 heterocycles. The lowest BCUT2D eigenvalue weighted by Crippen LogP contribution is -2.43. The molecule has 0 saturated carbocycles. The van der Waals surface area contributed by atoms with Crippen LogP contribution in [0.1, 0.15) is 29.9 Å². The smallest absolute Gasteiger partial charge is 0.348 e. The Labute approximate surface area is 109 Å². The van der Waals surface area contributed by atoms with Crippen molar-refractivity contribution in [2.24, 2.45) is 11.7 Å². The van der Waals surface area contributed by atoms with Crippen molar-refractivity contribution < 1.29 is 18.0 Å². The minimum atomic E-state index is -4.51. The number of nitrogens with two attached hydrogens (primary N) is 1. The summed E-state index contributed by atoms with van der Waals surface area (Å²) in [4.78, 5) is 15.0. The van der Waals surface area contributed by atoms with Crippen LogP contribution in [0.15, 0.2) is 18.3 Å². The van der Waals surface area contributed by atoms with E-state index in [0.29, 0.717) is 0 Å². The summed E-state index contributed by atoms with van der Waals surface area (Å²) in [6.07, 6.45) is -3.60. The molecule has 0 bridgehead atoms. The van der Waals surface area contributed by atoms with E-state index in [4.69, 9.17) is 5.73 Å². The van der Waals surface area contributed by atoms with Gasteiger partial charge in [-0.1, -0.05) is 13.8 Å². The Bertz CT molecular complexity index is 429. The van der Waals surface area contributed by atoms with Crippen molar-refractivity contribution in [2.75, 3.05) is 6.54 Å². The summed E-state index contributed by atoms with van der Waals surface area (Å²) in [7, 11) is 0. The predicted octanol–water partition coefficient (Wildman–Crippen LogP) is 1.81. The fourth-order valence-corrected chi connectivity index (χ4v) is 1.45. The molecule has 0 fully saturated rings. The highest BCUT2D eigenvalue weighted by atomic mass is 19.4. The number of nitrogens with one attached hydrogen (secondary N) is 1. The first-order chi connectivity index (χ1) is 8.75. The number of carbonyl (C=O) groups excluding carboxylic acids is 1. The molecule has 0 aliphatic rings. The Morgan fingerprint density at radius 1 is 1.42 bits per heavy atom. The molecule has 1 aromatic rings. The van der Waals surface area contributed by atoms with E-state index >= 15 is 0 Å². The topological polar surface area (TPSA) is 68.0 Å². The Morgan fingerprint density at radius 3 is 2.42 bits per heavy atom. The molecule has 106 valence electrons. The van der Waals surface area contributed by atoms with Crippen molar-refractivity contribution in [1.82, 2.24) is 10.3 Å². The molecule has 4 nitrogen and oxygen atoms in total. The monoisotopic (exact) mass is 275 g/mol. The van der Waals surface area contributed by atoms with E-state index in [1.54, 1.807) is 0 Å². The van der Waals surface area contributed by atoms with Gasteiger partial charge in [0.1, 0.15) is 5.69 Å². The van der Waals surface area contributed by atoms with Gasteiger partial charge in [-0.15, -0.1) is 0 Å². The number of carbonyl (C=O) groups is 1. The fraction of sp³-hybridized carbons (Fsp3) is 0.500. The van der Waals surface area contributed by atoms with E-state index in [9.17, 15) is 18.0 Å². The molecule has 0 saturated heterocycles. The number of halogens is 3. The summed E-state index contributed by atoms with van der Waals surface area (Å²) in [6, 6.07) is 1.65. The maximum absolute atomic E-state index is 12.3. The van der Waals surface area contributed by atoms with Gasteiger partial charge in [0.25, 0.3) is 5.91 Å². The molecular weight excluding hydrogens is 259 g/mol. The molecule has 19 heavy (non-hydrogen) atoms. The molecule has 1 unspecified atom stereocenters. The maximum atomic E-state index is 12.3. The molecular formula is C12H16F3N3O. The zero-order chi connectivity index (χ0) is 14.6. The van der Waals surface area contributed by atoms with Crippen molar-refractivity contribution in [3.63, 3.8) is 0 Å². The summed E-state index contributed by atoms with van der Waals surface area (Å²) in [6.45, 7) is 4.04. The normalized spacial score (nSPS) is 13.4. The lowest BCUT2D eigenvalue weighted by Gasteiger charge is -2.20. The van der Waals surface area contributed by atoms with Crippen molar-refractivity contribution >= 4 is 5.91 Å². The minimum Gasteiger partial charge on any atom is -0.348 e. The van der Waals surface area contributed by atoms with Crippen LogP contribution in [-0.2, 0) is 6.18 Å². The van der Waals surface area contributed by atoms with Crippen molar-refractivity contribution in [3.8, 4) is 0 Å². The molecule has 0 aliphatic heterocycles. The molecule has 1 atom stereocenters. The third-order valence-electron chi connectivity index (χ3n) is 2.69. The minimum absolute atomic E-state index is 0.0760. The van der Waals surface area contributed by atoms with Crippen LogP contribution in [0.5, 0.6) is 0 Å². The van der Waals surface area contributed by atoms with E-state index in [1.807, 2.05) is 13.8 Å². The van der Waals surface area contributed by atoms with Gasteiger partial charge in [0, 0.05) is 18.8 Å². The standard InChI is InChI=1S/C12H16F3N3O/c1-7(2)9(5-16)18-11(19)8-3-4-10(17-6-8)12(13,14)15/h3-4,6-7,9H,5,16H2,1-2H3,(H,18,19). The van der Waals surface area contributed by atoms with Gasteiger partial charge < -0.3 is 11.1 Å². The lowest BCUT2D eigenvalue weighted by molar-refractivity contribution is -0.141. The average Bonchev–Trinajstić information content (AvgIpc) is 2.34. The Balaban J connectivity index is 2.78. The second-order valence-electron chi connectivity index (χ2n) is 4.49. The summed E-state index contributed by atoms with van der Waals surface area (Å²) < 4.78 is 36.9.